The summed E-state index contributed by atoms with van der Waals surface area (Å²) in [7, 11) is 1.66. The van der Waals surface area contributed by atoms with E-state index in [1.54, 1.807) is 24.6 Å². The molecule has 1 aromatic heterocycles. The number of amides is 2. The third kappa shape index (κ3) is 4.90. The molecular weight excluding hydrogens is 264 g/mol. The van der Waals surface area contributed by atoms with Crippen molar-refractivity contribution in [3.05, 3.63) is 22.4 Å². The van der Waals surface area contributed by atoms with Crippen LogP contribution in [0.2, 0.25) is 0 Å². The zero-order valence-corrected chi connectivity index (χ0v) is 12.5. The van der Waals surface area contributed by atoms with E-state index in [4.69, 9.17) is 0 Å². The molecule has 106 valence electrons. The first-order valence-electron chi connectivity index (χ1n) is 5.98. The van der Waals surface area contributed by atoms with Gasteiger partial charge in [-0.25, -0.2) is 9.59 Å². The summed E-state index contributed by atoms with van der Waals surface area (Å²) in [6.45, 7) is 6.61. The number of hydrogen-bond donors (Lipinski definition) is 2. The molecule has 2 amide bonds. The van der Waals surface area contributed by atoms with Gasteiger partial charge in [0.25, 0.3) is 0 Å². The number of rotatable bonds is 4. The summed E-state index contributed by atoms with van der Waals surface area (Å²) < 4.78 is 0. The minimum atomic E-state index is -1.06. The van der Waals surface area contributed by atoms with Crippen LogP contribution < -0.4 is 5.32 Å². The number of hydrogen-bond acceptors (Lipinski definition) is 3. The Kier molecular flexibility index (Phi) is 4.94. The van der Waals surface area contributed by atoms with Crippen molar-refractivity contribution in [2.45, 2.75) is 26.8 Å². The number of carboxylic acid groups (broad SMARTS) is 1. The maximum atomic E-state index is 12.0. The smallest absolute Gasteiger partial charge is 0.331 e. The highest BCUT2D eigenvalue weighted by molar-refractivity contribution is 7.10. The number of carbonyl (C=O) groups is 2. The van der Waals surface area contributed by atoms with Gasteiger partial charge in [-0.1, -0.05) is 26.8 Å². The van der Waals surface area contributed by atoms with E-state index < -0.39 is 12.0 Å². The Morgan fingerprint density at radius 2 is 2.11 bits per heavy atom. The number of carbonyl (C=O) groups excluding carboxylic acids is 1. The molecule has 1 rings (SSSR count). The summed E-state index contributed by atoms with van der Waals surface area (Å²) in [6, 6.07) is 2.10. The summed E-state index contributed by atoms with van der Waals surface area (Å²) in [5.41, 5.74) is -0.0340. The Bertz CT molecular complexity index is 437. The number of nitrogens with one attached hydrogen (secondary N) is 1. The van der Waals surface area contributed by atoms with Crippen LogP contribution in [0.1, 0.15) is 31.7 Å². The van der Waals surface area contributed by atoms with Crippen molar-refractivity contribution in [1.82, 2.24) is 10.2 Å². The third-order valence-electron chi connectivity index (χ3n) is 2.40. The van der Waals surface area contributed by atoms with Crippen LogP contribution in [0.3, 0.4) is 0 Å². The normalized spacial score (nSPS) is 12.8. The molecule has 0 aliphatic heterocycles. The lowest BCUT2D eigenvalue weighted by Crippen LogP contribution is -2.44. The molecule has 0 radical (unpaired) electrons. The van der Waals surface area contributed by atoms with Crippen LogP contribution in [0.4, 0.5) is 4.79 Å². The van der Waals surface area contributed by atoms with Crippen molar-refractivity contribution in [2.75, 3.05) is 13.6 Å². The quantitative estimate of drug-likeness (QED) is 0.892. The topological polar surface area (TPSA) is 69.6 Å². The zero-order valence-electron chi connectivity index (χ0n) is 11.6. The third-order valence-corrected chi connectivity index (χ3v) is 3.34. The Hall–Kier alpha value is -1.56. The number of nitrogens with zero attached hydrogens (tertiary/aromatic N) is 1. The van der Waals surface area contributed by atoms with E-state index in [1.165, 1.54) is 16.2 Å². The highest BCUT2D eigenvalue weighted by Crippen LogP contribution is 2.20. The van der Waals surface area contributed by atoms with Crippen LogP contribution in [0.15, 0.2) is 17.5 Å². The van der Waals surface area contributed by atoms with Crippen LogP contribution in [0.5, 0.6) is 0 Å². The Balaban J connectivity index is 2.70. The maximum absolute atomic E-state index is 12.0. The second-order valence-corrected chi connectivity index (χ2v) is 6.63. The van der Waals surface area contributed by atoms with Crippen LogP contribution in [0.25, 0.3) is 0 Å². The Morgan fingerprint density at radius 1 is 1.47 bits per heavy atom. The number of carboxylic acids is 1. The van der Waals surface area contributed by atoms with Gasteiger partial charge < -0.3 is 15.3 Å². The number of thiophene rings is 1. The van der Waals surface area contributed by atoms with Crippen LogP contribution >= 0.6 is 11.3 Å². The van der Waals surface area contributed by atoms with Crippen molar-refractivity contribution >= 4 is 23.3 Å². The lowest BCUT2D eigenvalue weighted by Gasteiger charge is -2.27. The average molecular weight is 284 g/mol. The molecule has 19 heavy (non-hydrogen) atoms. The Labute approximate surface area is 117 Å². The Morgan fingerprint density at radius 3 is 2.53 bits per heavy atom. The monoisotopic (exact) mass is 284 g/mol. The van der Waals surface area contributed by atoms with Crippen molar-refractivity contribution in [2.24, 2.45) is 5.41 Å². The minimum absolute atomic E-state index is 0.0340. The minimum Gasteiger partial charge on any atom is -0.479 e. The number of aliphatic carboxylic acids is 1. The van der Waals surface area contributed by atoms with E-state index in [0.29, 0.717) is 11.4 Å². The predicted molar refractivity (Wildman–Crippen MR) is 75.3 cm³/mol. The first kappa shape index (κ1) is 15.5. The number of urea groups is 1. The van der Waals surface area contributed by atoms with Gasteiger partial charge in [-0.05, 0) is 16.9 Å². The molecule has 1 atom stereocenters. The zero-order chi connectivity index (χ0) is 14.6. The second-order valence-electron chi connectivity index (χ2n) is 5.65. The first-order valence-corrected chi connectivity index (χ1v) is 6.86. The highest BCUT2D eigenvalue weighted by Gasteiger charge is 2.25. The van der Waals surface area contributed by atoms with E-state index in [0.717, 1.165) is 0 Å². The van der Waals surface area contributed by atoms with Crippen molar-refractivity contribution in [1.29, 1.82) is 0 Å². The molecule has 0 saturated carbocycles. The van der Waals surface area contributed by atoms with Crippen LogP contribution in [0, 0.1) is 5.41 Å². The molecule has 0 aromatic carbocycles. The second kappa shape index (κ2) is 6.06. The maximum Gasteiger partial charge on any atom is 0.331 e. The fourth-order valence-electron chi connectivity index (χ4n) is 1.73. The molecule has 1 heterocycles. The van der Waals surface area contributed by atoms with E-state index in [-0.39, 0.29) is 11.4 Å². The van der Waals surface area contributed by atoms with Gasteiger partial charge in [0.15, 0.2) is 6.04 Å². The molecule has 1 aromatic rings. The predicted octanol–water partition coefficient (Wildman–Crippen LogP) is 2.56. The fourth-order valence-corrected chi connectivity index (χ4v) is 2.49. The molecule has 0 saturated heterocycles. The van der Waals surface area contributed by atoms with Gasteiger partial charge in [-0.3, -0.25) is 0 Å². The molecule has 1 unspecified atom stereocenters. The molecule has 0 aliphatic carbocycles. The summed E-state index contributed by atoms with van der Waals surface area (Å²) in [6.07, 6.45) is 0. The summed E-state index contributed by atoms with van der Waals surface area (Å²) in [5.74, 6) is -1.06. The lowest BCUT2D eigenvalue weighted by atomic mass is 9.96. The summed E-state index contributed by atoms with van der Waals surface area (Å²) in [5, 5.41) is 13.5. The average Bonchev–Trinajstić information content (AvgIpc) is 2.75. The summed E-state index contributed by atoms with van der Waals surface area (Å²) >= 11 is 1.31. The first-order chi connectivity index (χ1) is 8.70. The van der Waals surface area contributed by atoms with Gasteiger partial charge in [-0.2, -0.15) is 0 Å². The van der Waals surface area contributed by atoms with Gasteiger partial charge in [-0.15, -0.1) is 11.3 Å². The molecule has 0 spiro atoms. The van der Waals surface area contributed by atoms with Crippen LogP contribution in [-0.4, -0.2) is 35.6 Å². The van der Waals surface area contributed by atoms with Crippen molar-refractivity contribution in [3.63, 3.8) is 0 Å². The van der Waals surface area contributed by atoms with Gasteiger partial charge >= 0.3 is 12.0 Å². The molecular formula is C13H20N2O3S. The van der Waals surface area contributed by atoms with E-state index in [1.807, 2.05) is 20.8 Å². The summed E-state index contributed by atoms with van der Waals surface area (Å²) in [4.78, 5) is 25.3. The highest BCUT2D eigenvalue weighted by atomic mass is 32.1. The van der Waals surface area contributed by atoms with Gasteiger partial charge in [0.05, 0.1) is 0 Å². The molecule has 0 bridgehead atoms. The van der Waals surface area contributed by atoms with Gasteiger partial charge in [0.2, 0.25) is 0 Å². The fraction of sp³-hybridized carbons (Fsp3) is 0.538. The molecule has 0 aliphatic rings. The van der Waals surface area contributed by atoms with Crippen molar-refractivity contribution < 1.29 is 14.7 Å². The van der Waals surface area contributed by atoms with Crippen LogP contribution in [-0.2, 0) is 4.79 Å². The SMILES string of the molecule is CN(CC(C)(C)C)C(=O)NC(C(=O)O)c1cccs1. The van der Waals surface area contributed by atoms with Gasteiger partial charge in [0.1, 0.15) is 0 Å². The van der Waals surface area contributed by atoms with E-state index >= 15 is 0 Å². The van der Waals surface area contributed by atoms with Gasteiger partial charge in [0, 0.05) is 18.5 Å². The van der Waals surface area contributed by atoms with Crippen molar-refractivity contribution in [3.8, 4) is 0 Å². The largest absolute Gasteiger partial charge is 0.479 e. The lowest BCUT2D eigenvalue weighted by molar-refractivity contribution is -0.139. The molecule has 5 nitrogen and oxygen atoms in total. The van der Waals surface area contributed by atoms with E-state index in [2.05, 4.69) is 5.32 Å². The molecule has 0 fully saturated rings. The molecule has 2 N–H and O–H groups in total. The standard InChI is InChI=1S/C13H20N2O3S/c1-13(2,3)8-15(4)12(18)14-10(11(16)17)9-6-5-7-19-9/h5-7,10H,8H2,1-4H3,(H,14,18)(H,16,17). The van der Waals surface area contributed by atoms with E-state index in [9.17, 15) is 14.7 Å². The molecule has 6 heteroatoms.